The molecule has 2 amide bonds. The van der Waals surface area contributed by atoms with Crippen LogP contribution in [0.3, 0.4) is 0 Å². The molecule has 0 saturated carbocycles. The van der Waals surface area contributed by atoms with Crippen LogP contribution in [0, 0.1) is 12.8 Å². The Balaban J connectivity index is 1.50. The van der Waals surface area contributed by atoms with E-state index in [9.17, 15) is 19.2 Å². The van der Waals surface area contributed by atoms with Gasteiger partial charge in [0.15, 0.2) is 6.61 Å². The topological polar surface area (TPSA) is 102 Å². The quantitative estimate of drug-likeness (QED) is 0.303. The van der Waals surface area contributed by atoms with Crippen LogP contribution in [-0.2, 0) is 23.9 Å². The van der Waals surface area contributed by atoms with Gasteiger partial charge in [0.25, 0.3) is 5.91 Å². The van der Waals surface area contributed by atoms with E-state index >= 15 is 0 Å². The Labute approximate surface area is 223 Å². The van der Waals surface area contributed by atoms with E-state index in [0.717, 1.165) is 19.3 Å². The third kappa shape index (κ3) is 7.07. The summed E-state index contributed by atoms with van der Waals surface area (Å²) in [5, 5.41) is 3.14. The van der Waals surface area contributed by atoms with Crippen LogP contribution in [0.4, 0.5) is 11.4 Å². The van der Waals surface area contributed by atoms with Crippen LogP contribution in [-0.4, -0.2) is 43.5 Å². The zero-order valence-corrected chi connectivity index (χ0v) is 22.5. The Hall–Kier alpha value is -2.91. The molecule has 3 rings (SSSR count). The second-order valence-corrected chi connectivity index (χ2v) is 9.72. The summed E-state index contributed by atoms with van der Waals surface area (Å²) in [6.07, 6.45) is 2.83. The number of esters is 2. The first-order valence-corrected chi connectivity index (χ1v) is 12.9. The molecule has 2 aromatic rings. The first-order valence-electron chi connectivity index (χ1n) is 11.7. The molecule has 0 unspecified atom stereocenters. The molecular formula is C26H28BrClN2O6. The lowest BCUT2D eigenvalue weighted by Gasteiger charge is -2.17. The number of anilines is 2. The fraction of sp³-hybridized carbons (Fsp3) is 0.385. The molecule has 1 N–H and O–H groups in total. The van der Waals surface area contributed by atoms with Crippen molar-refractivity contribution in [3.8, 4) is 0 Å². The van der Waals surface area contributed by atoms with Gasteiger partial charge in [-0.05, 0) is 71.2 Å². The fourth-order valence-electron chi connectivity index (χ4n) is 3.72. The van der Waals surface area contributed by atoms with Crippen LogP contribution in [0.25, 0.3) is 0 Å². The van der Waals surface area contributed by atoms with Crippen molar-refractivity contribution in [2.24, 2.45) is 5.92 Å². The van der Waals surface area contributed by atoms with E-state index in [-0.39, 0.29) is 18.9 Å². The highest BCUT2D eigenvalue weighted by molar-refractivity contribution is 9.10. The molecule has 0 aliphatic carbocycles. The van der Waals surface area contributed by atoms with Gasteiger partial charge < -0.3 is 19.7 Å². The van der Waals surface area contributed by atoms with E-state index in [2.05, 4.69) is 28.2 Å². The molecule has 192 valence electrons. The molecule has 0 spiro atoms. The number of amides is 2. The number of carbonyl (C=O) groups is 4. The van der Waals surface area contributed by atoms with Gasteiger partial charge in [-0.25, -0.2) is 4.79 Å². The summed E-state index contributed by atoms with van der Waals surface area (Å²) in [6.45, 7) is 3.85. The average molecular weight is 580 g/mol. The maximum Gasteiger partial charge on any atom is 0.338 e. The number of nitrogens with one attached hydrogen (secondary N) is 1. The summed E-state index contributed by atoms with van der Waals surface area (Å²) in [5.74, 6) is -2.48. The van der Waals surface area contributed by atoms with Crippen LogP contribution in [0.2, 0.25) is 5.02 Å². The Morgan fingerprint density at radius 3 is 2.53 bits per heavy atom. The molecule has 36 heavy (non-hydrogen) atoms. The Morgan fingerprint density at radius 2 is 1.83 bits per heavy atom. The smallest absolute Gasteiger partial charge is 0.338 e. The molecule has 1 heterocycles. The number of unbranched alkanes of at least 4 members (excludes halogenated alkanes) is 2. The minimum Gasteiger partial charge on any atom is -0.462 e. The molecule has 0 aromatic heterocycles. The minimum absolute atomic E-state index is 0.0247. The van der Waals surface area contributed by atoms with Crippen molar-refractivity contribution in [3.05, 3.63) is 57.0 Å². The highest BCUT2D eigenvalue weighted by Gasteiger charge is 2.36. The van der Waals surface area contributed by atoms with Crippen molar-refractivity contribution in [1.82, 2.24) is 0 Å². The van der Waals surface area contributed by atoms with Gasteiger partial charge in [0.05, 0.1) is 23.1 Å². The van der Waals surface area contributed by atoms with Crippen molar-refractivity contribution in [3.63, 3.8) is 0 Å². The molecule has 1 aliphatic heterocycles. The third-order valence-electron chi connectivity index (χ3n) is 5.81. The van der Waals surface area contributed by atoms with Crippen LogP contribution in [0.1, 0.15) is 48.5 Å². The monoisotopic (exact) mass is 578 g/mol. The molecule has 2 aromatic carbocycles. The Bertz CT molecular complexity index is 1140. The van der Waals surface area contributed by atoms with Gasteiger partial charge in [-0.15, -0.1) is 0 Å². The number of benzene rings is 2. The number of rotatable bonds is 10. The number of carbonyl (C=O) groups excluding carboxylic acids is 4. The standard InChI is InChI=1S/C26H28BrClN2O6/c1-3-4-5-12-35-25(33)17-6-8-19(9-7-17)30-14-18(13-23(30)32)26(34)36-15-22(31)29-21-11-10-20(27)24(28)16(21)2/h6-11,18H,3-5,12-15H2,1-2H3,(H,29,31)/t18-/m0/s1. The van der Waals surface area contributed by atoms with Gasteiger partial charge in [-0.3, -0.25) is 14.4 Å². The molecule has 1 atom stereocenters. The molecule has 8 nitrogen and oxygen atoms in total. The lowest BCUT2D eigenvalue weighted by atomic mass is 10.1. The Kier molecular flexibility index (Phi) is 9.89. The van der Waals surface area contributed by atoms with Crippen LogP contribution >= 0.6 is 27.5 Å². The molecule has 0 bridgehead atoms. The molecule has 0 radical (unpaired) electrons. The van der Waals surface area contributed by atoms with Crippen LogP contribution in [0.15, 0.2) is 40.9 Å². The number of ether oxygens (including phenoxy) is 2. The minimum atomic E-state index is -0.697. The summed E-state index contributed by atoms with van der Waals surface area (Å²) < 4.78 is 11.1. The molecule has 1 fully saturated rings. The first kappa shape index (κ1) is 27.7. The predicted molar refractivity (Wildman–Crippen MR) is 140 cm³/mol. The van der Waals surface area contributed by atoms with Gasteiger partial charge in [-0.2, -0.15) is 0 Å². The second kappa shape index (κ2) is 12.9. The normalized spacial score (nSPS) is 15.1. The van der Waals surface area contributed by atoms with Crippen molar-refractivity contribution in [2.75, 3.05) is 30.0 Å². The first-order chi connectivity index (χ1) is 17.2. The summed E-state index contributed by atoms with van der Waals surface area (Å²) in [6, 6.07) is 9.88. The van der Waals surface area contributed by atoms with Crippen molar-refractivity contribution < 1.29 is 28.7 Å². The van der Waals surface area contributed by atoms with Crippen molar-refractivity contribution >= 4 is 62.7 Å². The highest BCUT2D eigenvalue weighted by Crippen LogP contribution is 2.31. The van der Waals surface area contributed by atoms with Crippen LogP contribution in [0.5, 0.6) is 0 Å². The lowest BCUT2D eigenvalue weighted by Crippen LogP contribution is -2.28. The van der Waals surface area contributed by atoms with Gasteiger partial charge in [0, 0.05) is 28.8 Å². The maximum atomic E-state index is 12.5. The van der Waals surface area contributed by atoms with Crippen LogP contribution < -0.4 is 10.2 Å². The van der Waals surface area contributed by atoms with Crippen molar-refractivity contribution in [2.45, 2.75) is 39.5 Å². The predicted octanol–water partition coefficient (Wildman–Crippen LogP) is 5.29. The van der Waals surface area contributed by atoms with E-state index in [1.807, 2.05) is 0 Å². The van der Waals surface area contributed by atoms with Gasteiger partial charge in [0.1, 0.15) is 0 Å². The van der Waals surface area contributed by atoms with E-state index < -0.39 is 30.4 Å². The second-order valence-electron chi connectivity index (χ2n) is 8.49. The number of nitrogens with zero attached hydrogens (tertiary/aromatic N) is 1. The fourth-order valence-corrected chi connectivity index (χ4v) is 4.32. The zero-order valence-electron chi connectivity index (χ0n) is 20.1. The average Bonchev–Trinajstić information content (AvgIpc) is 3.27. The van der Waals surface area contributed by atoms with E-state index in [1.54, 1.807) is 43.3 Å². The molecule has 1 saturated heterocycles. The number of hydrogen-bond acceptors (Lipinski definition) is 6. The van der Waals surface area contributed by atoms with E-state index in [4.69, 9.17) is 21.1 Å². The van der Waals surface area contributed by atoms with Crippen molar-refractivity contribution in [1.29, 1.82) is 0 Å². The molecular weight excluding hydrogens is 552 g/mol. The Morgan fingerprint density at radius 1 is 1.11 bits per heavy atom. The molecule has 1 aliphatic rings. The summed E-state index contributed by atoms with van der Waals surface area (Å²) in [7, 11) is 0. The van der Waals surface area contributed by atoms with E-state index in [1.165, 1.54) is 4.90 Å². The van der Waals surface area contributed by atoms with Gasteiger partial charge >= 0.3 is 11.9 Å². The van der Waals surface area contributed by atoms with Gasteiger partial charge in [0.2, 0.25) is 5.91 Å². The molecule has 10 heteroatoms. The van der Waals surface area contributed by atoms with E-state index in [0.29, 0.717) is 38.6 Å². The number of hydrogen-bond donors (Lipinski definition) is 1. The summed E-state index contributed by atoms with van der Waals surface area (Å²) >= 11 is 9.49. The largest absolute Gasteiger partial charge is 0.462 e. The number of halogens is 2. The maximum absolute atomic E-state index is 12.5. The zero-order chi connectivity index (χ0) is 26.2. The summed E-state index contributed by atoms with van der Waals surface area (Å²) in [5.41, 5.74) is 2.16. The van der Waals surface area contributed by atoms with Gasteiger partial charge in [-0.1, -0.05) is 31.4 Å². The lowest BCUT2D eigenvalue weighted by molar-refractivity contribution is -0.151. The highest BCUT2D eigenvalue weighted by atomic mass is 79.9. The SMILES string of the molecule is CCCCCOC(=O)c1ccc(N2C[C@@H](C(=O)OCC(=O)Nc3ccc(Br)c(Cl)c3C)CC2=O)cc1. The summed E-state index contributed by atoms with van der Waals surface area (Å²) in [4.78, 5) is 50.9. The third-order valence-corrected chi connectivity index (χ3v) is 7.19.